The third kappa shape index (κ3) is 3.47. The molecule has 0 amide bonds. The molecule has 0 saturated carbocycles. The summed E-state index contributed by atoms with van der Waals surface area (Å²) < 4.78 is 10.4. The lowest BCUT2D eigenvalue weighted by Gasteiger charge is -2.26. The first-order chi connectivity index (χ1) is 8.40. The summed E-state index contributed by atoms with van der Waals surface area (Å²) >= 11 is 0. The fourth-order valence-corrected chi connectivity index (χ4v) is 2.01. The molecule has 0 radical (unpaired) electrons. The van der Waals surface area contributed by atoms with Crippen LogP contribution in [0.1, 0.15) is 31.4 Å². The third-order valence-electron chi connectivity index (χ3n) is 2.90. The van der Waals surface area contributed by atoms with Crippen molar-refractivity contribution < 1.29 is 19.4 Å². The van der Waals surface area contributed by atoms with Gasteiger partial charge in [-0.2, -0.15) is 0 Å². The van der Waals surface area contributed by atoms with Crippen LogP contribution in [-0.4, -0.2) is 25.3 Å². The molecule has 0 saturated heterocycles. The number of ether oxygens (including phenoxy) is 2. The van der Waals surface area contributed by atoms with Crippen molar-refractivity contribution >= 4 is 5.97 Å². The molecule has 18 heavy (non-hydrogen) atoms. The Morgan fingerprint density at radius 3 is 2.50 bits per heavy atom. The van der Waals surface area contributed by atoms with Crippen molar-refractivity contribution in [3.05, 3.63) is 29.3 Å². The highest BCUT2D eigenvalue weighted by atomic mass is 16.5. The van der Waals surface area contributed by atoms with Crippen LogP contribution in [0.5, 0.6) is 5.75 Å². The molecule has 0 aliphatic heterocycles. The van der Waals surface area contributed by atoms with E-state index in [4.69, 9.17) is 14.6 Å². The first kappa shape index (κ1) is 14.5. The van der Waals surface area contributed by atoms with Gasteiger partial charge in [0.1, 0.15) is 5.75 Å². The Hall–Kier alpha value is -1.55. The molecule has 0 spiro atoms. The minimum atomic E-state index is -0.820. The second-order valence-electron chi connectivity index (χ2n) is 4.92. The van der Waals surface area contributed by atoms with Crippen LogP contribution in [-0.2, 0) is 21.6 Å². The molecule has 100 valence electrons. The number of hydrogen-bond acceptors (Lipinski definition) is 3. The molecule has 0 aliphatic carbocycles. The van der Waals surface area contributed by atoms with Gasteiger partial charge in [0.15, 0.2) is 0 Å². The zero-order chi connectivity index (χ0) is 13.8. The van der Waals surface area contributed by atoms with E-state index in [1.54, 1.807) is 14.2 Å². The zero-order valence-electron chi connectivity index (χ0n) is 11.3. The van der Waals surface area contributed by atoms with Gasteiger partial charge in [-0.25, -0.2) is 0 Å². The highest BCUT2D eigenvalue weighted by Gasteiger charge is 2.27. The van der Waals surface area contributed by atoms with Crippen LogP contribution in [0, 0.1) is 0 Å². The SMILES string of the molecule is COCc1ccc(OC)c(C(C)(C)CC(=O)O)c1. The Labute approximate surface area is 108 Å². The lowest BCUT2D eigenvalue weighted by atomic mass is 9.80. The van der Waals surface area contributed by atoms with Gasteiger partial charge in [-0.15, -0.1) is 0 Å². The summed E-state index contributed by atoms with van der Waals surface area (Å²) in [6, 6.07) is 5.72. The van der Waals surface area contributed by atoms with E-state index >= 15 is 0 Å². The molecular weight excluding hydrogens is 232 g/mol. The van der Waals surface area contributed by atoms with Crippen molar-refractivity contribution in [1.29, 1.82) is 0 Å². The van der Waals surface area contributed by atoms with Gasteiger partial charge in [0.05, 0.1) is 20.1 Å². The first-order valence-corrected chi connectivity index (χ1v) is 5.79. The second kappa shape index (κ2) is 5.87. The van der Waals surface area contributed by atoms with Gasteiger partial charge < -0.3 is 14.6 Å². The van der Waals surface area contributed by atoms with E-state index in [1.807, 2.05) is 32.0 Å². The Morgan fingerprint density at radius 1 is 1.33 bits per heavy atom. The van der Waals surface area contributed by atoms with Gasteiger partial charge >= 0.3 is 5.97 Å². The number of hydrogen-bond donors (Lipinski definition) is 1. The third-order valence-corrected chi connectivity index (χ3v) is 2.90. The number of carboxylic acids is 1. The topological polar surface area (TPSA) is 55.8 Å². The van der Waals surface area contributed by atoms with Gasteiger partial charge in [-0.05, 0) is 17.7 Å². The average molecular weight is 252 g/mol. The minimum absolute atomic E-state index is 0.0554. The molecule has 0 atom stereocenters. The Bertz CT molecular complexity index is 424. The van der Waals surface area contributed by atoms with E-state index in [-0.39, 0.29) is 6.42 Å². The molecule has 0 bridgehead atoms. The molecule has 1 aromatic rings. The molecule has 4 heteroatoms. The first-order valence-electron chi connectivity index (χ1n) is 5.79. The standard InChI is InChI=1S/C14H20O4/c1-14(2,8-13(15)16)11-7-10(9-17-3)5-6-12(11)18-4/h5-7H,8-9H2,1-4H3,(H,15,16). The maximum atomic E-state index is 10.9. The minimum Gasteiger partial charge on any atom is -0.496 e. The van der Waals surface area contributed by atoms with Gasteiger partial charge in [0.2, 0.25) is 0 Å². The summed E-state index contributed by atoms with van der Waals surface area (Å²) in [7, 11) is 3.22. The average Bonchev–Trinajstić information content (AvgIpc) is 2.27. The molecule has 4 nitrogen and oxygen atoms in total. The summed E-state index contributed by atoms with van der Waals surface area (Å²) in [4.78, 5) is 10.9. The van der Waals surface area contributed by atoms with Crippen LogP contribution in [0.15, 0.2) is 18.2 Å². The van der Waals surface area contributed by atoms with Crippen LogP contribution in [0.25, 0.3) is 0 Å². The fourth-order valence-electron chi connectivity index (χ4n) is 2.01. The maximum Gasteiger partial charge on any atom is 0.304 e. The van der Waals surface area contributed by atoms with E-state index in [0.29, 0.717) is 12.4 Å². The predicted octanol–water partition coefficient (Wildman–Crippen LogP) is 2.59. The molecule has 1 N–H and O–H groups in total. The lowest BCUT2D eigenvalue weighted by Crippen LogP contribution is -2.22. The lowest BCUT2D eigenvalue weighted by molar-refractivity contribution is -0.138. The van der Waals surface area contributed by atoms with Crippen LogP contribution >= 0.6 is 0 Å². The molecule has 0 aliphatic rings. The van der Waals surface area contributed by atoms with Crippen molar-refractivity contribution in [1.82, 2.24) is 0 Å². The van der Waals surface area contributed by atoms with Crippen LogP contribution in [0.3, 0.4) is 0 Å². The number of carbonyl (C=O) groups is 1. The Kier molecular flexibility index (Phi) is 4.73. The van der Waals surface area contributed by atoms with Gasteiger partial charge in [-0.1, -0.05) is 19.9 Å². The number of methoxy groups -OCH3 is 2. The smallest absolute Gasteiger partial charge is 0.304 e. The highest BCUT2D eigenvalue weighted by molar-refractivity contribution is 5.69. The van der Waals surface area contributed by atoms with E-state index in [1.165, 1.54) is 0 Å². The van der Waals surface area contributed by atoms with Crippen molar-refractivity contribution in [2.45, 2.75) is 32.3 Å². The van der Waals surface area contributed by atoms with Crippen molar-refractivity contribution in [3.63, 3.8) is 0 Å². The number of rotatable bonds is 6. The summed E-state index contributed by atoms with van der Waals surface area (Å²) in [5.41, 5.74) is 1.41. The van der Waals surface area contributed by atoms with Crippen LogP contribution < -0.4 is 4.74 Å². The largest absolute Gasteiger partial charge is 0.496 e. The summed E-state index contributed by atoms with van der Waals surface area (Å²) in [5, 5.41) is 8.98. The van der Waals surface area contributed by atoms with Gasteiger partial charge in [-0.3, -0.25) is 4.79 Å². The highest BCUT2D eigenvalue weighted by Crippen LogP contribution is 2.35. The van der Waals surface area contributed by atoms with Crippen molar-refractivity contribution in [3.8, 4) is 5.75 Å². The van der Waals surface area contributed by atoms with E-state index in [9.17, 15) is 4.79 Å². The van der Waals surface area contributed by atoms with E-state index in [2.05, 4.69) is 0 Å². The van der Waals surface area contributed by atoms with Gasteiger partial charge in [0, 0.05) is 18.1 Å². The van der Waals surface area contributed by atoms with Crippen LogP contribution in [0.4, 0.5) is 0 Å². The molecular formula is C14H20O4. The molecule has 1 aromatic carbocycles. The molecule has 0 unspecified atom stereocenters. The quantitative estimate of drug-likeness (QED) is 0.845. The van der Waals surface area contributed by atoms with Crippen molar-refractivity contribution in [2.24, 2.45) is 0 Å². The zero-order valence-corrected chi connectivity index (χ0v) is 11.3. The Balaban J connectivity index is 3.17. The molecule has 0 fully saturated rings. The van der Waals surface area contributed by atoms with E-state index < -0.39 is 11.4 Å². The summed E-state index contributed by atoms with van der Waals surface area (Å²) in [6.07, 6.45) is 0.0554. The molecule has 0 aromatic heterocycles. The monoisotopic (exact) mass is 252 g/mol. The van der Waals surface area contributed by atoms with Gasteiger partial charge in [0.25, 0.3) is 0 Å². The fraction of sp³-hybridized carbons (Fsp3) is 0.500. The molecule has 1 rings (SSSR count). The van der Waals surface area contributed by atoms with Crippen LogP contribution in [0.2, 0.25) is 0 Å². The summed E-state index contributed by atoms with van der Waals surface area (Å²) in [5.74, 6) is -0.111. The number of benzene rings is 1. The molecule has 0 heterocycles. The van der Waals surface area contributed by atoms with E-state index in [0.717, 1.165) is 11.1 Å². The van der Waals surface area contributed by atoms with Crippen molar-refractivity contribution in [2.75, 3.05) is 14.2 Å². The second-order valence-corrected chi connectivity index (χ2v) is 4.92. The normalized spacial score (nSPS) is 11.3. The maximum absolute atomic E-state index is 10.9. The number of aliphatic carboxylic acids is 1. The number of carboxylic acid groups (broad SMARTS) is 1. The Morgan fingerprint density at radius 2 is 2.00 bits per heavy atom. The predicted molar refractivity (Wildman–Crippen MR) is 69.0 cm³/mol. The summed E-state index contributed by atoms with van der Waals surface area (Å²) in [6.45, 7) is 4.30.